The molecule has 0 bridgehead atoms. The van der Waals surface area contributed by atoms with E-state index in [-0.39, 0.29) is 11.8 Å². The molecule has 0 spiro atoms. The van der Waals surface area contributed by atoms with E-state index in [2.05, 4.69) is 38.5 Å². The van der Waals surface area contributed by atoms with Crippen molar-refractivity contribution in [2.75, 3.05) is 4.90 Å². The van der Waals surface area contributed by atoms with Gasteiger partial charge in [-0.15, -0.1) is 0 Å². The molecule has 0 unspecified atom stereocenters. The molecule has 1 aliphatic heterocycles. The first-order valence-electron chi connectivity index (χ1n) is 5.62. The van der Waals surface area contributed by atoms with Gasteiger partial charge in [0.05, 0.1) is 16.8 Å². The summed E-state index contributed by atoms with van der Waals surface area (Å²) in [5, 5.41) is 0.567. The van der Waals surface area contributed by atoms with Crippen molar-refractivity contribution in [1.82, 2.24) is 0 Å². The molecule has 0 N–H and O–H groups in total. The van der Waals surface area contributed by atoms with E-state index < -0.39 is 0 Å². The zero-order valence-electron chi connectivity index (χ0n) is 9.86. The Kier molecular flexibility index (Phi) is 3.60. The average Bonchev–Trinajstić information content (AvgIpc) is 2.63. The quantitative estimate of drug-likeness (QED) is 0.462. The van der Waals surface area contributed by atoms with Crippen LogP contribution >= 0.6 is 50.1 Å². The minimum Gasteiger partial charge on any atom is -0.268 e. The molecule has 20 heavy (non-hydrogen) atoms. The second-order valence-electron chi connectivity index (χ2n) is 4.23. The number of hydrogen-bond acceptors (Lipinski definition) is 2. The van der Waals surface area contributed by atoms with Gasteiger partial charge in [0.1, 0.15) is 0 Å². The maximum absolute atomic E-state index is 12.4. The van der Waals surface area contributed by atoms with Crippen molar-refractivity contribution in [3.8, 4) is 0 Å². The number of hydrogen-bond donors (Lipinski definition) is 0. The molecule has 0 atom stereocenters. The second-order valence-corrected chi connectivity index (χ2v) is 6.75. The SMILES string of the molecule is O=C1c2ccc(Br)cc2C(=O)N1c1ccc(Cl)cc1I. The molecule has 0 radical (unpaired) electrons. The molecule has 0 fully saturated rings. The van der Waals surface area contributed by atoms with Gasteiger partial charge in [0.15, 0.2) is 0 Å². The van der Waals surface area contributed by atoms with Crippen LogP contribution in [0.4, 0.5) is 5.69 Å². The van der Waals surface area contributed by atoms with E-state index >= 15 is 0 Å². The highest BCUT2D eigenvalue weighted by atomic mass is 127. The molecule has 3 nitrogen and oxygen atoms in total. The predicted molar refractivity (Wildman–Crippen MR) is 89.5 cm³/mol. The molecule has 0 saturated heterocycles. The fourth-order valence-electron chi connectivity index (χ4n) is 2.09. The Bertz CT molecular complexity index is 763. The molecule has 100 valence electrons. The van der Waals surface area contributed by atoms with Crippen molar-refractivity contribution in [2.45, 2.75) is 0 Å². The first-order valence-corrected chi connectivity index (χ1v) is 7.87. The predicted octanol–water partition coefficient (Wildman–Crippen LogP) is 4.51. The van der Waals surface area contributed by atoms with Crippen molar-refractivity contribution < 1.29 is 9.59 Å². The molecule has 2 aromatic rings. The van der Waals surface area contributed by atoms with E-state index in [0.29, 0.717) is 21.8 Å². The Hall–Kier alpha value is -0.920. The van der Waals surface area contributed by atoms with Crippen molar-refractivity contribution in [1.29, 1.82) is 0 Å². The van der Waals surface area contributed by atoms with Crippen LogP contribution in [0.3, 0.4) is 0 Å². The van der Waals surface area contributed by atoms with Crippen LogP contribution in [0.5, 0.6) is 0 Å². The van der Waals surface area contributed by atoms with Gasteiger partial charge in [0, 0.05) is 13.1 Å². The largest absolute Gasteiger partial charge is 0.268 e. The van der Waals surface area contributed by atoms with Crippen molar-refractivity contribution in [3.63, 3.8) is 0 Å². The summed E-state index contributed by atoms with van der Waals surface area (Å²) in [6.45, 7) is 0. The van der Waals surface area contributed by atoms with Gasteiger partial charge in [-0.05, 0) is 59.0 Å². The summed E-state index contributed by atoms with van der Waals surface area (Å²) in [4.78, 5) is 26.0. The Balaban J connectivity index is 2.14. The van der Waals surface area contributed by atoms with Gasteiger partial charge in [0.2, 0.25) is 0 Å². The number of carbonyl (C=O) groups excluding carboxylic acids is 2. The molecule has 0 saturated carbocycles. The van der Waals surface area contributed by atoms with E-state index in [1.165, 1.54) is 4.90 Å². The third kappa shape index (κ3) is 2.17. The molecule has 1 heterocycles. The van der Waals surface area contributed by atoms with Gasteiger partial charge in [-0.1, -0.05) is 27.5 Å². The average molecular weight is 462 g/mol. The molecule has 2 amide bonds. The molecule has 0 aromatic heterocycles. The van der Waals surface area contributed by atoms with Crippen LogP contribution < -0.4 is 4.90 Å². The third-order valence-electron chi connectivity index (χ3n) is 3.00. The van der Waals surface area contributed by atoms with E-state index in [1.54, 1.807) is 36.4 Å². The number of anilines is 1. The van der Waals surface area contributed by atoms with E-state index in [1.807, 2.05) is 0 Å². The third-order valence-corrected chi connectivity index (χ3v) is 4.59. The summed E-state index contributed by atoms with van der Waals surface area (Å²) < 4.78 is 1.52. The van der Waals surface area contributed by atoms with Crippen molar-refractivity contribution >= 4 is 67.6 Å². The molecular weight excluding hydrogens is 456 g/mol. The topological polar surface area (TPSA) is 37.4 Å². The minimum atomic E-state index is -0.313. The van der Waals surface area contributed by atoms with Crippen molar-refractivity contribution in [3.05, 3.63) is 60.6 Å². The van der Waals surface area contributed by atoms with Crippen molar-refractivity contribution in [2.24, 2.45) is 0 Å². The Morgan fingerprint density at radius 2 is 1.70 bits per heavy atom. The molecule has 6 heteroatoms. The fourth-order valence-corrected chi connectivity index (χ4v) is 3.57. The molecule has 2 aromatic carbocycles. The van der Waals surface area contributed by atoms with Crippen LogP contribution in [-0.4, -0.2) is 11.8 Å². The lowest BCUT2D eigenvalue weighted by Gasteiger charge is -2.15. The zero-order chi connectivity index (χ0) is 14.4. The summed E-state index contributed by atoms with van der Waals surface area (Å²) in [6, 6.07) is 10.1. The normalized spacial score (nSPS) is 13.8. The molecular formula is C14H6BrClINO2. The first-order chi connectivity index (χ1) is 9.49. The van der Waals surface area contributed by atoms with Crippen LogP contribution in [-0.2, 0) is 0 Å². The fraction of sp³-hybridized carbons (Fsp3) is 0. The Labute approximate surface area is 142 Å². The lowest BCUT2D eigenvalue weighted by atomic mass is 10.1. The van der Waals surface area contributed by atoms with Crippen LogP contribution in [0.15, 0.2) is 40.9 Å². The summed E-state index contributed by atoms with van der Waals surface area (Å²) in [5.41, 5.74) is 1.39. The standard InChI is InChI=1S/C14H6BrClINO2/c15-7-1-3-9-10(5-7)14(20)18(13(9)19)12-4-2-8(16)6-11(12)17/h1-6H. The highest BCUT2D eigenvalue weighted by Gasteiger charge is 2.37. The minimum absolute atomic E-state index is 0.308. The number of halogens is 3. The summed E-state index contributed by atoms with van der Waals surface area (Å²) in [5.74, 6) is -0.621. The summed E-state index contributed by atoms with van der Waals surface area (Å²) in [6.07, 6.45) is 0. The lowest BCUT2D eigenvalue weighted by Crippen LogP contribution is -2.30. The monoisotopic (exact) mass is 461 g/mol. The summed E-state index contributed by atoms with van der Waals surface area (Å²) >= 11 is 11.3. The van der Waals surface area contributed by atoms with Crippen LogP contribution in [0.1, 0.15) is 20.7 Å². The van der Waals surface area contributed by atoms with Crippen LogP contribution in [0.25, 0.3) is 0 Å². The number of fused-ring (bicyclic) bond motifs is 1. The van der Waals surface area contributed by atoms with E-state index in [0.717, 1.165) is 8.04 Å². The van der Waals surface area contributed by atoms with Crippen LogP contribution in [0.2, 0.25) is 5.02 Å². The van der Waals surface area contributed by atoms with Gasteiger partial charge in [-0.2, -0.15) is 0 Å². The van der Waals surface area contributed by atoms with E-state index in [4.69, 9.17) is 11.6 Å². The van der Waals surface area contributed by atoms with Gasteiger partial charge < -0.3 is 0 Å². The highest BCUT2D eigenvalue weighted by Crippen LogP contribution is 2.33. The second kappa shape index (κ2) is 5.13. The number of benzene rings is 2. The number of imide groups is 1. The lowest BCUT2D eigenvalue weighted by molar-refractivity contribution is 0.0926. The van der Waals surface area contributed by atoms with Gasteiger partial charge >= 0.3 is 0 Å². The van der Waals surface area contributed by atoms with Gasteiger partial charge in [-0.25, -0.2) is 4.90 Å². The molecule has 1 aliphatic rings. The number of nitrogens with zero attached hydrogens (tertiary/aromatic N) is 1. The molecule has 0 aliphatic carbocycles. The van der Waals surface area contributed by atoms with E-state index in [9.17, 15) is 9.59 Å². The number of carbonyl (C=O) groups is 2. The van der Waals surface area contributed by atoms with Gasteiger partial charge in [-0.3, -0.25) is 9.59 Å². The Morgan fingerprint density at radius 1 is 1.00 bits per heavy atom. The molecule has 3 rings (SSSR count). The number of rotatable bonds is 1. The zero-order valence-corrected chi connectivity index (χ0v) is 14.4. The summed E-state index contributed by atoms with van der Waals surface area (Å²) in [7, 11) is 0. The maximum Gasteiger partial charge on any atom is 0.266 e. The maximum atomic E-state index is 12.4. The highest BCUT2D eigenvalue weighted by molar-refractivity contribution is 14.1. The smallest absolute Gasteiger partial charge is 0.266 e. The van der Waals surface area contributed by atoms with Crippen LogP contribution in [0, 0.1) is 3.57 Å². The first kappa shape index (κ1) is 14.0. The number of amides is 2. The van der Waals surface area contributed by atoms with Gasteiger partial charge in [0.25, 0.3) is 11.8 Å². The Morgan fingerprint density at radius 3 is 2.40 bits per heavy atom.